The average molecular weight is 668 g/mol. The minimum absolute atomic E-state index is 0. The molecule has 0 aliphatic carbocycles. The molecule has 0 unspecified atom stereocenters. The number of amides is 2. The van der Waals surface area contributed by atoms with Crippen molar-refractivity contribution in [3.05, 3.63) is 59.8 Å². The third kappa shape index (κ3) is 7.50. The first-order chi connectivity index (χ1) is 20.8. The highest BCUT2D eigenvalue weighted by Crippen LogP contribution is 2.36. The van der Waals surface area contributed by atoms with Gasteiger partial charge in [0.05, 0.1) is 31.8 Å². The Morgan fingerprint density at radius 2 is 1.82 bits per heavy atom. The molecular weight excluding hydrogens is 630 g/mol. The molecule has 12 nitrogen and oxygen atoms in total. The van der Waals surface area contributed by atoms with Crippen LogP contribution in [0.2, 0.25) is 0 Å². The van der Waals surface area contributed by atoms with Crippen molar-refractivity contribution >= 4 is 56.9 Å². The van der Waals surface area contributed by atoms with Crippen LogP contribution in [0, 0.1) is 0 Å². The zero-order valence-corrected chi connectivity index (χ0v) is 26.9. The fraction of sp³-hybridized carbons (Fsp3) is 0.448. The molecule has 44 heavy (non-hydrogen) atoms. The van der Waals surface area contributed by atoms with E-state index in [-0.39, 0.29) is 42.7 Å². The van der Waals surface area contributed by atoms with E-state index < -0.39 is 22.0 Å². The number of sulfonamides is 1. The molecule has 2 aliphatic rings. The Labute approximate surface area is 267 Å². The molecule has 0 bridgehead atoms. The third-order valence-electron chi connectivity index (χ3n) is 7.85. The monoisotopic (exact) mass is 667 g/mol. The van der Waals surface area contributed by atoms with E-state index >= 15 is 0 Å². The van der Waals surface area contributed by atoms with Gasteiger partial charge in [-0.1, -0.05) is 18.2 Å². The Hall–Kier alpha value is -2.85. The highest BCUT2D eigenvalue weighted by atomic mass is 35.5. The molecule has 2 amide bonds. The first-order valence-electron chi connectivity index (χ1n) is 14.2. The Balaban J connectivity index is 0.00000442. The molecule has 2 aliphatic heterocycles. The maximum Gasteiger partial charge on any atom is 0.262 e. The molecule has 1 aromatic heterocycles. The van der Waals surface area contributed by atoms with Crippen molar-refractivity contribution in [3.8, 4) is 5.75 Å². The van der Waals surface area contributed by atoms with Gasteiger partial charge < -0.3 is 19.4 Å². The van der Waals surface area contributed by atoms with Gasteiger partial charge in [0.25, 0.3) is 5.91 Å². The number of morpholine rings is 1. The van der Waals surface area contributed by atoms with Crippen molar-refractivity contribution in [3.63, 3.8) is 0 Å². The van der Waals surface area contributed by atoms with Gasteiger partial charge in [-0.05, 0) is 35.9 Å². The predicted molar refractivity (Wildman–Crippen MR) is 170 cm³/mol. The smallest absolute Gasteiger partial charge is 0.262 e. The molecule has 1 saturated heterocycles. The van der Waals surface area contributed by atoms with E-state index in [0.29, 0.717) is 18.0 Å². The number of para-hydroxylation sites is 1. The van der Waals surface area contributed by atoms with Crippen LogP contribution in [0.1, 0.15) is 11.3 Å². The van der Waals surface area contributed by atoms with Gasteiger partial charge in [-0.2, -0.15) is 16.1 Å². The number of fused-ring (bicyclic) bond motifs is 3. The van der Waals surface area contributed by atoms with Crippen molar-refractivity contribution < 1.29 is 32.7 Å². The maximum absolute atomic E-state index is 13.8. The number of hydrogen-bond donors (Lipinski definition) is 3. The number of thioether (sulfide) groups is 1. The second-order valence-corrected chi connectivity index (χ2v) is 13.5. The van der Waals surface area contributed by atoms with Crippen molar-refractivity contribution in [2.45, 2.75) is 30.4 Å². The summed E-state index contributed by atoms with van der Waals surface area (Å²) in [7, 11) is -2.69. The van der Waals surface area contributed by atoms with Crippen LogP contribution in [0.15, 0.2) is 53.4 Å². The van der Waals surface area contributed by atoms with Gasteiger partial charge in [-0.3, -0.25) is 19.7 Å². The molecule has 15 heteroatoms. The van der Waals surface area contributed by atoms with E-state index in [4.69, 9.17) is 9.47 Å². The van der Waals surface area contributed by atoms with Crippen LogP contribution in [-0.2, 0) is 43.9 Å². The van der Waals surface area contributed by atoms with E-state index in [0.717, 1.165) is 65.1 Å². The number of benzene rings is 2. The number of nitrogens with zero attached hydrogens (tertiary/aromatic N) is 3. The predicted octanol–water partition coefficient (Wildman–Crippen LogP) is 1.87. The first-order valence-corrected chi connectivity index (χ1v) is 16.8. The number of carbonyl (C=O) groups is 2. The van der Waals surface area contributed by atoms with Crippen LogP contribution in [0.3, 0.4) is 0 Å². The SMILES string of the molecule is COc1ccc(S(=O)(=O)N2Cc3c(c4ccccc4n3CC(=O)NCCSCCN3CCOCC3)C[C@@H]2C(=O)NO)cc1.Cl. The third-order valence-corrected chi connectivity index (χ3v) is 10.7. The van der Waals surface area contributed by atoms with E-state index in [1.54, 1.807) is 17.2 Å². The summed E-state index contributed by atoms with van der Waals surface area (Å²) in [6.07, 6.45) is 0.0338. The number of halogens is 1. The van der Waals surface area contributed by atoms with Gasteiger partial charge >= 0.3 is 0 Å². The Bertz CT molecular complexity index is 1550. The Morgan fingerprint density at radius 1 is 1.09 bits per heavy atom. The molecule has 0 saturated carbocycles. The van der Waals surface area contributed by atoms with E-state index in [2.05, 4.69) is 10.2 Å². The lowest BCUT2D eigenvalue weighted by Gasteiger charge is -2.34. The fourth-order valence-corrected chi connectivity index (χ4v) is 7.97. The normalized spacial score (nSPS) is 17.5. The van der Waals surface area contributed by atoms with Crippen molar-refractivity contribution in [2.24, 2.45) is 0 Å². The standard InChI is InChI=1S/C29H37N5O7S2.ClH/c1-40-21-6-8-22(9-7-21)43(38,39)34-19-27-24(18-26(34)29(36)31-37)23-4-2-3-5-25(23)33(27)20-28(35)30-10-16-42-17-13-32-11-14-41-15-12-32;/h2-9,26,37H,10-20H2,1H3,(H,30,35)(H,31,36);1H/t26-;/m1./s1. The quantitative estimate of drug-likeness (QED) is 0.150. The number of hydroxylamine groups is 1. The molecule has 3 aromatic rings. The summed E-state index contributed by atoms with van der Waals surface area (Å²) in [5.41, 5.74) is 3.82. The number of aromatic nitrogens is 1. The number of hydrogen-bond acceptors (Lipinski definition) is 9. The van der Waals surface area contributed by atoms with Gasteiger partial charge in [-0.25, -0.2) is 13.9 Å². The fourth-order valence-electron chi connectivity index (χ4n) is 5.59. The summed E-state index contributed by atoms with van der Waals surface area (Å²) < 4.78 is 41.1. The number of ether oxygens (including phenoxy) is 2. The first kappa shape index (κ1) is 34.0. The van der Waals surface area contributed by atoms with Gasteiger partial charge in [0, 0.05) is 60.7 Å². The molecule has 0 spiro atoms. The number of carbonyl (C=O) groups excluding carboxylic acids is 2. The van der Waals surface area contributed by atoms with Gasteiger partial charge in [0.2, 0.25) is 15.9 Å². The molecule has 1 fully saturated rings. The zero-order chi connectivity index (χ0) is 30.4. The van der Waals surface area contributed by atoms with E-state index in [9.17, 15) is 23.2 Å². The lowest BCUT2D eigenvalue weighted by atomic mass is 9.98. The summed E-state index contributed by atoms with van der Waals surface area (Å²) >= 11 is 1.79. The van der Waals surface area contributed by atoms with Crippen molar-refractivity contribution in [1.29, 1.82) is 0 Å². The lowest BCUT2D eigenvalue weighted by molar-refractivity contribution is -0.133. The Kier molecular flexibility index (Phi) is 11.9. The van der Waals surface area contributed by atoms with Gasteiger partial charge in [0.15, 0.2) is 0 Å². The maximum atomic E-state index is 13.8. The van der Waals surface area contributed by atoms with Crippen LogP contribution < -0.4 is 15.5 Å². The molecule has 0 radical (unpaired) electrons. The summed E-state index contributed by atoms with van der Waals surface area (Å²) in [5, 5.41) is 13.3. The Morgan fingerprint density at radius 3 is 2.52 bits per heavy atom. The molecule has 5 rings (SSSR count). The summed E-state index contributed by atoms with van der Waals surface area (Å²) in [6, 6.07) is 12.2. The molecule has 240 valence electrons. The molecule has 3 N–H and O–H groups in total. The average Bonchev–Trinajstić information content (AvgIpc) is 3.34. The number of methoxy groups -OCH3 is 1. The minimum Gasteiger partial charge on any atom is -0.497 e. The van der Waals surface area contributed by atoms with E-state index in [1.165, 1.54) is 31.4 Å². The highest BCUT2D eigenvalue weighted by Gasteiger charge is 2.42. The van der Waals surface area contributed by atoms with Crippen LogP contribution in [-0.4, -0.2) is 103 Å². The number of nitrogens with one attached hydrogen (secondary N) is 2. The van der Waals surface area contributed by atoms with Crippen LogP contribution >= 0.6 is 24.2 Å². The summed E-state index contributed by atoms with van der Waals surface area (Å²) in [6.45, 7) is 4.83. The summed E-state index contributed by atoms with van der Waals surface area (Å²) in [4.78, 5) is 28.3. The van der Waals surface area contributed by atoms with Crippen LogP contribution in [0.25, 0.3) is 10.9 Å². The molecule has 1 atom stereocenters. The topological polar surface area (TPSA) is 142 Å². The zero-order valence-electron chi connectivity index (χ0n) is 24.4. The lowest BCUT2D eigenvalue weighted by Crippen LogP contribution is -2.52. The largest absolute Gasteiger partial charge is 0.497 e. The molecule has 2 aromatic carbocycles. The number of rotatable bonds is 12. The van der Waals surface area contributed by atoms with Crippen molar-refractivity contribution in [1.82, 2.24) is 24.6 Å². The van der Waals surface area contributed by atoms with Crippen LogP contribution in [0.5, 0.6) is 5.75 Å². The van der Waals surface area contributed by atoms with E-state index in [1.807, 2.05) is 28.8 Å². The van der Waals surface area contributed by atoms with Gasteiger partial charge in [0.1, 0.15) is 18.3 Å². The summed E-state index contributed by atoms with van der Waals surface area (Å²) in [5.74, 6) is 1.24. The van der Waals surface area contributed by atoms with Crippen LogP contribution in [0.4, 0.5) is 0 Å². The van der Waals surface area contributed by atoms with Gasteiger partial charge in [-0.15, -0.1) is 12.4 Å². The second-order valence-electron chi connectivity index (χ2n) is 10.4. The van der Waals surface area contributed by atoms with Crippen molar-refractivity contribution in [2.75, 3.05) is 58.0 Å². The highest BCUT2D eigenvalue weighted by molar-refractivity contribution is 7.99. The second kappa shape index (κ2) is 15.4. The minimum atomic E-state index is -4.17. The molecular formula is C29H38ClN5O7S2. The molecule has 3 heterocycles.